The molecule has 0 radical (unpaired) electrons. The van der Waals surface area contributed by atoms with Crippen LogP contribution in [-0.2, 0) is 0 Å². The van der Waals surface area contributed by atoms with Crippen LogP contribution in [-0.4, -0.2) is 31.7 Å². The number of hydrogen-bond acceptors (Lipinski definition) is 6. The fourth-order valence-electron chi connectivity index (χ4n) is 2.54. The summed E-state index contributed by atoms with van der Waals surface area (Å²) in [6.45, 7) is 2.33. The van der Waals surface area contributed by atoms with E-state index in [0.29, 0.717) is 34.6 Å². The molecule has 1 amide bonds. The Labute approximate surface area is 161 Å². The van der Waals surface area contributed by atoms with Gasteiger partial charge in [0.2, 0.25) is 5.75 Å². The summed E-state index contributed by atoms with van der Waals surface area (Å²) in [4.78, 5) is 17.1. The molecule has 1 N–H and O–H groups in total. The Bertz CT molecular complexity index is 900. The molecule has 0 aliphatic rings. The van der Waals surface area contributed by atoms with Crippen LogP contribution in [0.1, 0.15) is 17.3 Å². The number of ether oxygens (including phenoxy) is 3. The van der Waals surface area contributed by atoms with E-state index in [9.17, 15) is 4.79 Å². The van der Waals surface area contributed by atoms with Crippen LogP contribution in [0.25, 0.3) is 11.3 Å². The summed E-state index contributed by atoms with van der Waals surface area (Å²) < 4.78 is 16.3. The lowest BCUT2D eigenvalue weighted by atomic mass is 10.1. The summed E-state index contributed by atoms with van der Waals surface area (Å²) in [5, 5.41) is 5.25. The van der Waals surface area contributed by atoms with Crippen molar-refractivity contribution in [1.29, 1.82) is 0 Å². The summed E-state index contributed by atoms with van der Waals surface area (Å²) in [7, 11) is 3.04. The zero-order valence-corrected chi connectivity index (χ0v) is 16.1. The second-order valence-electron chi connectivity index (χ2n) is 5.50. The molecule has 3 rings (SSSR count). The van der Waals surface area contributed by atoms with E-state index in [0.717, 1.165) is 11.3 Å². The minimum atomic E-state index is -0.302. The first-order valence-corrected chi connectivity index (χ1v) is 9.25. The monoisotopic (exact) mass is 384 g/mol. The van der Waals surface area contributed by atoms with Gasteiger partial charge in [-0.05, 0) is 19.1 Å². The van der Waals surface area contributed by atoms with Crippen molar-refractivity contribution >= 4 is 22.4 Å². The Morgan fingerprint density at radius 2 is 1.78 bits per heavy atom. The third-order valence-corrected chi connectivity index (χ3v) is 4.56. The van der Waals surface area contributed by atoms with Crippen molar-refractivity contribution < 1.29 is 19.0 Å². The molecule has 1 heterocycles. The molecule has 0 fully saturated rings. The normalized spacial score (nSPS) is 10.3. The molecule has 0 aliphatic carbocycles. The van der Waals surface area contributed by atoms with Gasteiger partial charge in [0.25, 0.3) is 5.91 Å². The molecule has 0 saturated heterocycles. The van der Waals surface area contributed by atoms with Gasteiger partial charge >= 0.3 is 0 Å². The minimum absolute atomic E-state index is 0.302. The number of benzene rings is 2. The van der Waals surface area contributed by atoms with E-state index in [4.69, 9.17) is 14.2 Å². The number of methoxy groups -OCH3 is 2. The molecule has 1 aromatic heterocycles. The second kappa shape index (κ2) is 8.55. The molecular weight excluding hydrogens is 364 g/mol. The van der Waals surface area contributed by atoms with Gasteiger partial charge in [-0.2, -0.15) is 0 Å². The van der Waals surface area contributed by atoms with Crippen molar-refractivity contribution in [2.45, 2.75) is 6.92 Å². The molecule has 3 aromatic rings. The maximum Gasteiger partial charge on any atom is 0.257 e. The van der Waals surface area contributed by atoms with Gasteiger partial charge in [0.05, 0.1) is 26.5 Å². The Kier molecular flexibility index (Phi) is 5.93. The fourth-order valence-corrected chi connectivity index (χ4v) is 3.25. The standard InChI is InChI=1S/C20H20N2O4S/c1-4-26-18-16(24-2)10-14(11-17(18)25-3)19(23)22-20-21-15(12-27-20)13-8-6-5-7-9-13/h5-12H,4H2,1-3H3,(H,21,22,23). The molecule has 140 valence electrons. The fraction of sp³-hybridized carbons (Fsp3) is 0.200. The van der Waals surface area contributed by atoms with Crippen molar-refractivity contribution in [2.24, 2.45) is 0 Å². The van der Waals surface area contributed by atoms with Crippen LogP contribution in [0.5, 0.6) is 17.2 Å². The Balaban J connectivity index is 1.83. The van der Waals surface area contributed by atoms with E-state index in [1.807, 2.05) is 42.6 Å². The van der Waals surface area contributed by atoms with Gasteiger partial charge in [0.15, 0.2) is 16.6 Å². The van der Waals surface area contributed by atoms with Crippen molar-refractivity contribution in [3.8, 4) is 28.5 Å². The van der Waals surface area contributed by atoms with Crippen LogP contribution >= 0.6 is 11.3 Å². The van der Waals surface area contributed by atoms with Crippen LogP contribution in [0.2, 0.25) is 0 Å². The van der Waals surface area contributed by atoms with Crippen LogP contribution in [0.3, 0.4) is 0 Å². The molecule has 7 heteroatoms. The number of amides is 1. The topological polar surface area (TPSA) is 69.7 Å². The lowest BCUT2D eigenvalue weighted by molar-refractivity contribution is 0.102. The van der Waals surface area contributed by atoms with Crippen molar-refractivity contribution in [1.82, 2.24) is 4.98 Å². The van der Waals surface area contributed by atoms with Gasteiger partial charge in [-0.1, -0.05) is 30.3 Å². The molecule has 0 saturated carbocycles. The van der Waals surface area contributed by atoms with E-state index in [1.54, 1.807) is 12.1 Å². The maximum absolute atomic E-state index is 12.7. The summed E-state index contributed by atoms with van der Waals surface area (Å²) in [6, 6.07) is 13.0. The molecule has 0 unspecified atom stereocenters. The van der Waals surface area contributed by atoms with Crippen LogP contribution in [0, 0.1) is 0 Å². The molecule has 0 aliphatic heterocycles. The molecular formula is C20H20N2O4S. The molecule has 0 spiro atoms. The van der Waals surface area contributed by atoms with Crippen LogP contribution in [0.4, 0.5) is 5.13 Å². The lowest BCUT2D eigenvalue weighted by Gasteiger charge is -2.15. The molecule has 6 nitrogen and oxygen atoms in total. The van der Waals surface area contributed by atoms with Crippen molar-refractivity contribution in [2.75, 3.05) is 26.1 Å². The van der Waals surface area contributed by atoms with Crippen LogP contribution < -0.4 is 19.5 Å². The van der Waals surface area contributed by atoms with E-state index in [-0.39, 0.29) is 5.91 Å². The average molecular weight is 384 g/mol. The number of aromatic nitrogens is 1. The Morgan fingerprint density at radius 3 is 2.37 bits per heavy atom. The Hall–Kier alpha value is -3.06. The highest BCUT2D eigenvalue weighted by Gasteiger charge is 2.18. The second-order valence-corrected chi connectivity index (χ2v) is 6.36. The van der Waals surface area contributed by atoms with Crippen molar-refractivity contribution in [3.63, 3.8) is 0 Å². The van der Waals surface area contributed by atoms with E-state index < -0.39 is 0 Å². The number of anilines is 1. The summed E-state index contributed by atoms with van der Waals surface area (Å²) in [5.74, 6) is 1.04. The van der Waals surface area contributed by atoms with Gasteiger partial charge < -0.3 is 14.2 Å². The zero-order valence-electron chi connectivity index (χ0n) is 15.3. The summed E-state index contributed by atoms with van der Waals surface area (Å²) in [6.07, 6.45) is 0. The smallest absolute Gasteiger partial charge is 0.257 e. The van der Waals surface area contributed by atoms with Crippen LogP contribution in [0.15, 0.2) is 47.8 Å². The highest BCUT2D eigenvalue weighted by Crippen LogP contribution is 2.38. The maximum atomic E-state index is 12.7. The van der Waals surface area contributed by atoms with Gasteiger partial charge in [-0.3, -0.25) is 10.1 Å². The number of nitrogens with one attached hydrogen (secondary N) is 1. The molecule has 2 aromatic carbocycles. The molecule has 0 bridgehead atoms. The number of carbonyl (C=O) groups is 1. The van der Waals surface area contributed by atoms with E-state index in [1.165, 1.54) is 25.6 Å². The van der Waals surface area contributed by atoms with Crippen molar-refractivity contribution in [3.05, 3.63) is 53.4 Å². The average Bonchev–Trinajstić information content (AvgIpc) is 3.17. The van der Waals surface area contributed by atoms with Gasteiger partial charge in [-0.25, -0.2) is 4.98 Å². The first-order valence-electron chi connectivity index (χ1n) is 8.37. The highest BCUT2D eigenvalue weighted by atomic mass is 32.1. The first kappa shape index (κ1) is 18.7. The number of hydrogen-bond donors (Lipinski definition) is 1. The number of carbonyl (C=O) groups excluding carboxylic acids is 1. The summed E-state index contributed by atoms with van der Waals surface area (Å²) >= 11 is 1.37. The third-order valence-electron chi connectivity index (χ3n) is 3.81. The number of thiazole rings is 1. The number of rotatable bonds is 7. The Morgan fingerprint density at radius 1 is 1.11 bits per heavy atom. The third kappa shape index (κ3) is 4.20. The summed E-state index contributed by atoms with van der Waals surface area (Å²) in [5.41, 5.74) is 2.21. The highest BCUT2D eigenvalue weighted by molar-refractivity contribution is 7.14. The molecule has 0 atom stereocenters. The SMILES string of the molecule is CCOc1c(OC)cc(C(=O)Nc2nc(-c3ccccc3)cs2)cc1OC. The van der Waals surface area contributed by atoms with Gasteiger partial charge in [0.1, 0.15) is 0 Å². The largest absolute Gasteiger partial charge is 0.493 e. The molecule has 27 heavy (non-hydrogen) atoms. The first-order chi connectivity index (χ1) is 13.2. The quantitative estimate of drug-likeness (QED) is 0.650. The zero-order chi connectivity index (χ0) is 19.2. The predicted octanol–water partition coefficient (Wildman–Crippen LogP) is 4.48. The number of nitrogens with zero attached hydrogens (tertiary/aromatic N) is 1. The van der Waals surface area contributed by atoms with Gasteiger partial charge in [-0.15, -0.1) is 11.3 Å². The minimum Gasteiger partial charge on any atom is -0.493 e. The predicted molar refractivity (Wildman–Crippen MR) is 106 cm³/mol. The lowest BCUT2D eigenvalue weighted by Crippen LogP contribution is -2.12. The van der Waals surface area contributed by atoms with E-state index in [2.05, 4.69) is 10.3 Å². The van der Waals surface area contributed by atoms with Gasteiger partial charge in [0, 0.05) is 16.5 Å². The van der Waals surface area contributed by atoms with E-state index >= 15 is 0 Å².